The average molecular weight is 379 g/mol. The van der Waals surface area contributed by atoms with Crippen LogP contribution in [0, 0.1) is 5.41 Å². The van der Waals surface area contributed by atoms with E-state index in [2.05, 4.69) is 35.6 Å². The molecule has 0 radical (unpaired) electrons. The molecule has 0 unspecified atom stereocenters. The number of hydrogen-bond donors (Lipinski definition) is 1. The average Bonchev–Trinajstić information content (AvgIpc) is 2.67. The van der Waals surface area contributed by atoms with Crippen LogP contribution in [0.15, 0.2) is 40.5 Å². The van der Waals surface area contributed by atoms with Gasteiger partial charge in [0.05, 0.1) is 5.69 Å². The van der Waals surface area contributed by atoms with Crippen molar-refractivity contribution in [1.82, 2.24) is 19.9 Å². The van der Waals surface area contributed by atoms with E-state index in [0.29, 0.717) is 11.2 Å². The standard InChI is InChI=1S/C23H30N4O/c1-16-6-4-10-23(2,3)19(16)9-13-27-12-8-18-20(15-27)25-21(26-22(18)28)17-7-5-11-24-14-17/h5,7,11,14H,4,6,8-10,12-13,15H2,1-3H3,(H,25,26,28). The predicted molar refractivity (Wildman–Crippen MR) is 112 cm³/mol. The zero-order chi connectivity index (χ0) is 19.7. The first kappa shape index (κ1) is 19.1. The van der Waals surface area contributed by atoms with Crippen LogP contribution in [-0.2, 0) is 13.0 Å². The van der Waals surface area contributed by atoms with Crippen LogP contribution in [0.4, 0.5) is 0 Å². The highest BCUT2D eigenvalue weighted by molar-refractivity contribution is 5.53. The molecule has 0 bridgehead atoms. The maximum atomic E-state index is 12.6. The molecule has 1 aliphatic carbocycles. The van der Waals surface area contributed by atoms with E-state index in [1.807, 2.05) is 12.1 Å². The van der Waals surface area contributed by atoms with Gasteiger partial charge in [0.2, 0.25) is 0 Å². The second-order valence-electron chi connectivity index (χ2n) is 8.85. The lowest BCUT2D eigenvalue weighted by atomic mass is 9.71. The Bertz CT molecular complexity index is 943. The topological polar surface area (TPSA) is 61.9 Å². The first-order chi connectivity index (χ1) is 13.4. The van der Waals surface area contributed by atoms with Crippen LogP contribution >= 0.6 is 0 Å². The number of rotatable bonds is 4. The Morgan fingerprint density at radius 3 is 2.89 bits per heavy atom. The molecule has 0 saturated heterocycles. The normalized spacial score (nSPS) is 19.5. The molecule has 148 valence electrons. The number of nitrogens with one attached hydrogen (secondary N) is 1. The smallest absolute Gasteiger partial charge is 0.254 e. The molecule has 3 heterocycles. The van der Waals surface area contributed by atoms with Gasteiger partial charge in [-0.1, -0.05) is 25.0 Å². The molecule has 0 amide bonds. The van der Waals surface area contributed by atoms with Gasteiger partial charge >= 0.3 is 0 Å². The van der Waals surface area contributed by atoms with Crippen molar-refractivity contribution >= 4 is 0 Å². The molecule has 1 N–H and O–H groups in total. The second kappa shape index (κ2) is 7.63. The maximum Gasteiger partial charge on any atom is 0.254 e. The Hall–Kier alpha value is -2.27. The van der Waals surface area contributed by atoms with Crippen molar-refractivity contribution in [2.45, 2.75) is 59.4 Å². The van der Waals surface area contributed by atoms with Crippen LogP contribution in [0.2, 0.25) is 0 Å². The van der Waals surface area contributed by atoms with E-state index < -0.39 is 0 Å². The summed E-state index contributed by atoms with van der Waals surface area (Å²) in [6.07, 6.45) is 9.19. The van der Waals surface area contributed by atoms with E-state index in [4.69, 9.17) is 4.98 Å². The molecule has 0 spiro atoms. The van der Waals surface area contributed by atoms with Crippen LogP contribution in [0.3, 0.4) is 0 Å². The number of aromatic nitrogens is 3. The Balaban J connectivity index is 1.52. The van der Waals surface area contributed by atoms with E-state index in [9.17, 15) is 4.79 Å². The Morgan fingerprint density at radius 2 is 2.14 bits per heavy atom. The van der Waals surface area contributed by atoms with Gasteiger partial charge < -0.3 is 4.98 Å². The summed E-state index contributed by atoms with van der Waals surface area (Å²) < 4.78 is 0. The van der Waals surface area contributed by atoms with Crippen molar-refractivity contribution in [3.63, 3.8) is 0 Å². The summed E-state index contributed by atoms with van der Waals surface area (Å²) in [7, 11) is 0. The third-order valence-corrected chi connectivity index (χ3v) is 6.45. The molecular weight excluding hydrogens is 348 g/mol. The van der Waals surface area contributed by atoms with Gasteiger partial charge in [-0.2, -0.15) is 0 Å². The van der Waals surface area contributed by atoms with E-state index in [-0.39, 0.29) is 5.56 Å². The first-order valence-electron chi connectivity index (χ1n) is 10.4. The molecule has 5 nitrogen and oxygen atoms in total. The highest BCUT2D eigenvalue weighted by Crippen LogP contribution is 2.41. The molecule has 0 atom stereocenters. The van der Waals surface area contributed by atoms with Crippen LogP contribution in [0.1, 0.15) is 57.7 Å². The summed E-state index contributed by atoms with van der Waals surface area (Å²) in [5.74, 6) is 0.616. The van der Waals surface area contributed by atoms with Gasteiger partial charge in [-0.15, -0.1) is 0 Å². The van der Waals surface area contributed by atoms with Gasteiger partial charge in [0.25, 0.3) is 5.56 Å². The fourth-order valence-corrected chi connectivity index (χ4v) is 4.82. The van der Waals surface area contributed by atoms with Crippen molar-refractivity contribution in [3.8, 4) is 11.4 Å². The van der Waals surface area contributed by atoms with Crippen LogP contribution in [0.5, 0.6) is 0 Å². The maximum absolute atomic E-state index is 12.6. The largest absolute Gasteiger partial charge is 0.306 e. The van der Waals surface area contributed by atoms with E-state index >= 15 is 0 Å². The fraction of sp³-hybridized carbons (Fsp3) is 0.522. The quantitative estimate of drug-likeness (QED) is 0.814. The van der Waals surface area contributed by atoms with Gasteiger partial charge in [0.1, 0.15) is 5.82 Å². The van der Waals surface area contributed by atoms with Crippen molar-refractivity contribution in [1.29, 1.82) is 0 Å². The minimum absolute atomic E-state index is 0.00419. The molecule has 1 aliphatic heterocycles. The Kier molecular flexibility index (Phi) is 5.19. The van der Waals surface area contributed by atoms with Crippen molar-refractivity contribution in [2.75, 3.05) is 13.1 Å². The Labute approximate surface area is 166 Å². The molecule has 2 aliphatic rings. The molecular formula is C23H30N4O. The molecule has 2 aromatic rings. The summed E-state index contributed by atoms with van der Waals surface area (Å²) in [5.41, 5.74) is 6.15. The first-order valence-corrected chi connectivity index (χ1v) is 10.4. The number of H-pyrrole nitrogens is 1. The summed E-state index contributed by atoms with van der Waals surface area (Å²) >= 11 is 0. The van der Waals surface area contributed by atoms with Crippen molar-refractivity contribution in [3.05, 3.63) is 57.3 Å². The zero-order valence-electron chi connectivity index (χ0n) is 17.2. The minimum Gasteiger partial charge on any atom is -0.306 e. The van der Waals surface area contributed by atoms with Gasteiger partial charge in [-0.3, -0.25) is 14.7 Å². The molecule has 0 fully saturated rings. The summed E-state index contributed by atoms with van der Waals surface area (Å²) in [4.78, 5) is 26.9. The number of nitrogens with zero attached hydrogens (tertiary/aromatic N) is 3. The number of aromatic amines is 1. The van der Waals surface area contributed by atoms with E-state index in [0.717, 1.165) is 49.3 Å². The zero-order valence-corrected chi connectivity index (χ0v) is 17.2. The van der Waals surface area contributed by atoms with E-state index in [1.165, 1.54) is 19.3 Å². The summed E-state index contributed by atoms with van der Waals surface area (Å²) in [6.45, 7) is 9.79. The van der Waals surface area contributed by atoms with Crippen LogP contribution in [0.25, 0.3) is 11.4 Å². The molecule has 2 aromatic heterocycles. The van der Waals surface area contributed by atoms with Crippen molar-refractivity contribution in [2.24, 2.45) is 5.41 Å². The predicted octanol–water partition coefficient (Wildman–Crippen LogP) is 4.11. The number of allylic oxidation sites excluding steroid dienone is 1. The summed E-state index contributed by atoms with van der Waals surface area (Å²) in [6, 6.07) is 3.79. The molecule has 0 aromatic carbocycles. The molecule has 0 saturated carbocycles. The number of fused-ring (bicyclic) bond motifs is 1. The SMILES string of the molecule is CC1=C(CCN2CCc3c(nc(-c4cccnc4)[nH]c3=O)C2)C(C)(C)CCC1. The lowest BCUT2D eigenvalue weighted by Gasteiger charge is -2.36. The number of pyridine rings is 1. The third kappa shape index (κ3) is 3.81. The van der Waals surface area contributed by atoms with Gasteiger partial charge in [-0.25, -0.2) is 4.98 Å². The summed E-state index contributed by atoms with van der Waals surface area (Å²) in [5, 5.41) is 0. The third-order valence-electron chi connectivity index (χ3n) is 6.45. The molecule has 4 rings (SSSR count). The minimum atomic E-state index is -0.00419. The fourth-order valence-electron chi connectivity index (χ4n) is 4.82. The number of hydrogen-bond acceptors (Lipinski definition) is 4. The van der Waals surface area contributed by atoms with Crippen molar-refractivity contribution < 1.29 is 0 Å². The monoisotopic (exact) mass is 378 g/mol. The highest BCUT2D eigenvalue weighted by Gasteiger charge is 2.29. The lowest BCUT2D eigenvalue weighted by molar-refractivity contribution is 0.241. The van der Waals surface area contributed by atoms with Gasteiger partial charge in [0.15, 0.2) is 0 Å². The van der Waals surface area contributed by atoms with E-state index in [1.54, 1.807) is 23.5 Å². The lowest BCUT2D eigenvalue weighted by Crippen LogP contribution is -2.36. The van der Waals surface area contributed by atoms with Gasteiger partial charge in [-0.05, 0) is 56.6 Å². The Morgan fingerprint density at radius 1 is 1.29 bits per heavy atom. The van der Waals surface area contributed by atoms with Crippen LogP contribution in [-0.4, -0.2) is 32.9 Å². The highest BCUT2D eigenvalue weighted by atomic mass is 16.1. The molecule has 28 heavy (non-hydrogen) atoms. The second-order valence-corrected chi connectivity index (χ2v) is 8.85. The molecule has 5 heteroatoms. The van der Waals surface area contributed by atoms with Gasteiger partial charge in [0, 0.05) is 43.2 Å². The van der Waals surface area contributed by atoms with Crippen LogP contribution < -0.4 is 5.56 Å².